The molecule has 34 heavy (non-hydrogen) atoms. The van der Waals surface area contributed by atoms with Crippen molar-refractivity contribution in [1.29, 1.82) is 0 Å². The highest BCUT2D eigenvalue weighted by Gasteiger charge is 2.39. The molecule has 0 fully saturated rings. The van der Waals surface area contributed by atoms with Gasteiger partial charge in [-0.3, -0.25) is 9.59 Å². The highest BCUT2D eigenvalue weighted by atomic mass is 35.5. The van der Waals surface area contributed by atoms with Gasteiger partial charge in [0, 0.05) is 29.4 Å². The molecule has 0 spiro atoms. The minimum atomic E-state index is -1.17. The van der Waals surface area contributed by atoms with E-state index in [1.807, 2.05) is 31.2 Å². The van der Waals surface area contributed by atoms with Crippen LogP contribution in [0.25, 0.3) is 0 Å². The molecular formula is C24H22ClN3O6. The quantitative estimate of drug-likeness (QED) is 0.555. The Labute approximate surface area is 200 Å². The molecule has 2 aromatic carbocycles. The van der Waals surface area contributed by atoms with Gasteiger partial charge in [-0.25, -0.2) is 4.79 Å². The van der Waals surface area contributed by atoms with Crippen molar-refractivity contribution in [2.24, 2.45) is 0 Å². The Morgan fingerprint density at radius 3 is 2.59 bits per heavy atom. The SMILES string of the molecule is CC(=O)N(c1ccc(Cl)cc1)[C@@H]1C[C@H](C)N(C(=O)c2cc(OCC(=O)O)no2)c2ccccc21. The highest BCUT2D eigenvalue weighted by molar-refractivity contribution is 6.30. The average molecular weight is 484 g/mol. The molecule has 176 valence electrons. The van der Waals surface area contributed by atoms with Gasteiger partial charge in [0.1, 0.15) is 0 Å². The summed E-state index contributed by atoms with van der Waals surface area (Å²) in [6.45, 7) is 2.79. The highest BCUT2D eigenvalue weighted by Crippen LogP contribution is 2.43. The fourth-order valence-corrected chi connectivity index (χ4v) is 4.33. The summed E-state index contributed by atoms with van der Waals surface area (Å²) >= 11 is 6.04. The van der Waals surface area contributed by atoms with Crippen LogP contribution < -0.4 is 14.5 Å². The monoisotopic (exact) mass is 483 g/mol. The van der Waals surface area contributed by atoms with Crippen molar-refractivity contribution < 1.29 is 28.8 Å². The Bertz CT molecular complexity index is 1230. The summed E-state index contributed by atoms with van der Waals surface area (Å²) in [7, 11) is 0. The summed E-state index contributed by atoms with van der Waals surface area (Å²) < 4.78 is 10.1. The van der Waals surface area contributed by atoms with Gasteiger partial charge in [-0.15, -0.1) is 0 Å². The second-order valence-corrected chi connectivity index (χ2v) is 8.35. The lowest BCUT2D eigenvalue weighted by molar-refractivity contribution is -0.139. The van der Waals surface area contributed by atoms with E-state index in [-0.39, 0.29) is 29.6 Å². The molecule has 0 radical (unpaired) electrons. The van der Waals surface area contributed by atoms with Gasteiger partial charge < -0.3 is 24.2 Å². The number of aliphatic carboxylic acids is 1. The first kappa shape index (κ1) is 23.3. The fourth-order valence-electron chi connectivity index (χ4n) is 4.20. The Morgan fingerprint density at radius 1 is 1.21 bits per heavy atom. The first-order valence-corrected chi connectivity index (χ1v) is 10.9. The number of ether oxygens (including phenoxy) is 1. The lowest BCUT2D eigenvalue weighted by atomic mass is 9.89. The van der Waals surface area contributed by atoms with Gasteiger partial charge in [-0.2, -0.15) is 0 Å². The lowest BCUT2D eigenvalue weighted by Crippen LogP contribution is -2.47. The number of hydrogen-bond donors (Lipinski definition) is 1. The Kier molecular flexibility index (Phi) is 6.56. The van der Waals surface area contributed by atoms with Gasteiger partial charge in [0.2, 0.25) is 11.7 Å². The normalized spacial score (nSPS) is 17.1. The number of carboxylic acids is 1. The number of carbonyl (C=O) groups is 3. The molecule has 2 atom stereocenters. The van der Waals surface area contributed by atoms with Crippen molar-refractivity contribution in [2.75, 3.05) is 16.4 Å². The number of rotatable bonds is 6. The minimum Gasteiger partial charge on any atom is -0.479 e. The first-order chi connectivity index (χ1) is 16.3. The van der Waals surface area contributed by atoms with Crippen molar-refractivity contribution in [2.45, 2.75) is 32.4 Å². The Hall–Kier alpha value is -3.85. The molecule has 2 heterocycles. The summed E-state index contributed by atoms with van der Waals surface area (Å²) in [4.78, 5) is 40.1. The van der Waals surface area contributed by atoms with E-state index in [4.69, 9.17) is 26.0 Å². The van der Waals surface area contributed by atoms with E-state index >= 15 is 0 Å². The molecule has 0 saturated heterocycles. The molecule has 2 amide bonds. The number of carbonyl (C=O) groups excluding carboxylic acids is 2. The number of fused-ring (bicyclic) bond motifs is 1. The van der Waals surface area contributed by atoms with E-state index in [1.54, 1.807) is 34.1 Å². The van der Waals surface area contributed by atoms with E-state index in [0.717, 1.165) is 5.56 Å². The molecule has 0 aliphatic carbocycles. The molecule has 1 aromatic heterocycles. The number of nitrogens with zero attached hydrogens (tertiary/aromatic N) is 3. The van der Waals surface area contributed by atoms with Crippen molar-refractivity contribution in [3.05, 3.63) is 70.9 Å². The molecule has 1 N–H and O–H groups in total. The van der Waals surface area contributed by atoms with Gasteiger partial charge >= 0.3 is 5.97 Å². The molecule has 10 heteroatoms. The van der Waals surface area contributed by atoms with E-state index in [0.29, 0.717) is 22.8 Å². The smallest absolute Gasteiger partial charge is 0.341 e. The van der Waals surface area contributed by atoms with E-state index in [9.17, 15) is 14.4 Å². The van der Waals surface area contributed by atoms with Gasteiger partial charge in [0.15, 0.2) is 6.61 Å². The van der Waals surface area contributed by atoms with Crippen LogP contribution in [0.3, 0.4) is 0 Å². The molecule has 1 aliphatic heterocycles. The molecule has 0 bridgehead atoms. The third-order valence-corrected chi connectivity index (χ3v) is 5.83. The van der Waals surface area contributed by atoms with Crippen molar-refractivity contribution >= 4 is 40.8 Å². The fraction of sp³-hybridized carbons (Fsp3) is 0.250. The maximum absolute atomic E-state index is 13.4. The van der Waals surface area contributed by atoms with Crippen LogP contribution in [-0.4, -0.2) is 40.7 Å². The van der Waals surface area contributed by atoms with Crippen LogP contribution in [0.15, 0.2) is 59.1 Å². The zero-order valence-electron chi connectivity index (χ0n) is 18.5. The van der Waals surface area contributed by atoms with Crippen LogP contribution in [0.1, 0.15) is 42.4 Å². The summed E-state index contributed by atoms with van der Waals surface area (Å²) in [6, 6.07) is 15.1. The summed E-state index contributed by atoms with van der Waals surface area (Å²) in [5, 5.41) is 12.9. The van der Waals surface area contributed by atoms with Crippen LogP contribution in [0.4, 0.5) is 11.4 Å². The van der Waals surface area contributed by atoms with Crippen LogP contribution >= 0.6 is 11.6 Å². The van der Waals surface area contributed by atoms with Gasteiger partial charge in [-0.05, 0) is 54.4 Å². The second-order valence-electron chi connectivity index (χ2n) is 7.91. The number of para-hydroxylation sites is 1. The molecule has 4 rings (SSSR count). The summed E-state index contributed by atoms with van der Waals surface area (Å²) in [5.74, 6) is -1.92. The lowest BCUT2D eigenvalue weighted by Gasteiger charge is -2.43. The number of benzene rings is 2. The summed E-state index contributed by atoms with van der Waals surface area (Å²) in [6.07, 6.45) is 0.474. The van der Waals surface area contributed by atoms with Crippen molar-refractivity contribution in [3.63, 3.8) is 0 Å². The van der Waals surface area contributed by atoms with E-state index < -0.39 is 18.5 Å². The van der Waals surface area contributed by atoms with Crippen LogP contribution in [-0.2, 0) is 9.59 Å². The topological polar surface area (TPSA) is 113 Å². The van der Waals surface area contributed by atoms with E-state index in [1.165, 1.54) is 13.0 Å². The van der Waals surface area contributed by atoms with Crippen molar-refractivity contribution in [3.8, 4) is 5.88 Å². The van der Waals surface area contributed by atoms with Crippen LogP contribution in [0.5, 0.6) is 5.88 Å². The third kappa shape index (κ3) is 4.60. The number of amides is 2. The number of aromatic nitrogens is 1. The predicted molar refractivity (Wildman–Crippen MR) is 124 cm³/mol. The Morgan fingerprint density at radius 2 is 1.91 bits per heavy atom. The standard InChI is InChI=1S/C24H22ClN3O6/c1-14-11-20(28(15(2)29)17-9-7-16(25)8-10-17)18-5-3-4-6-19(18)27(14)24(32)21-12-22(26-34-21)33-13-23(30)31/h3-10,12,14,20H,11,13H2,1-2H3,(H,30,31)/t14-,20+/m0/s1. The number of halogens is 1. The zero-order valence-corrected chi connectivity index (χ0v) is 19.2. The second kappa shape index (κ2) is 9.56. The van der Waals surface area contributed by atoms with E-state index in [2.05, 4.69) is 5.16 Å². The molecule has 3 aromatic rings. The number of carboxylic acid groups (broad SMARTS) is 1. The predicted octanol–water partition coefficient (Wildman–Crippen LogP) is 4.32. The van der Waals surface area contributed by atoms with Crippen LogP contribution in [0, 0.1) is 0 Å². The van der Waals surface area contributed by atoms with Gasteiger partial charge in [0.05, 0.1) is 12.1 Å². The molecule has 9 nitrogen and oxygen atoms in total. The summed E-state index contributed by atoms with van der Waals surface area (Å²) in [5.41, 5.74) is 2.15. The first-order valence-electron chi connectivity index (χ1n) is 10.6. The van der Waals surface area contributed by atoms with Gasteiger partial charge in [-0.1, -0.05) is 29.8 Å². The third-order valence-electron chi connectivity index (χ3n) is 5.58. The number of hydrogen-bond acceptors (Lipinski definition) is 6. The largest absolute Gasteiger partial charge is 0.479 e. The Balaban J connectivity index is 1.68. The molecular weight excluding hydrogens is 462 g/mol. The molecule has 0 saturated carbocycles. The van der Waals surface area contributed by atoms with Gasteiger partial charge in [0.25, 0.3) is 11.8 Å². The molecule has 1 aliphatic rings. The van der Waals surface area contributed by atoms with Crippen LogP contribution in [0.2, 0.25) is 5.02 Å². The average Bonchev–Trinajstić information content (AvgIpc) is 3.28. The molecule has 0 unspecified atom stereocenters. The zero-order chi connectivity index (χ0) is 24.4. The maximum Gasteiger partial charge on any atom is 0.341 e. The minimum absolute atomic E-state index is 0.0818. The maximum atomic E-state index is 13.4. The van der Waals surface area contributed by atoms with Crippen molar-refractivity contribution in [1.82, 2.24) is 5.16 Å². The number of anilines is 2.